The molecule has 1 rings (SSSR count). The zero-order chi connectivity index (χ0) is 14.6. The summed E-state index contributed by atoms with van der Waals surface area (Å²) in [5.41, 5.74) is 5.59. The molecule has 0 fully saturated rings. The average molecular weight is 288 g/mol. The number of rotatable bonds is 7. The topological polar surface area (TPSA) is 90.0 Å². The number of aryl methyl sites for hydroxylation is 1. The smallest absolute Gasteiger partial charge is 0.246 e. The summed E-state index contributed by atoms with van der Waals surface area (Å²) < 4.78 is 28.3. The van der Waals surface area contributed by atoms with Gasteiger partial charge in [0.25, 0.3) is 0 Å². The van der Waals surface area contributed by atoms with Crippen LogP contribution in [-0.2, 0) is 17.1 Å². The Kier molecular flexibility index (Phi) is 5.37. The fraction of sp³-hybridized carbons (Fsp3) is 0.750. The van der Waals surface area contributed by atoms with Crippen molar-refractivity contribution in [3.63, 3.8) is 0 Å². The fourth-order valence-electron chi connectivity index (χ4n) is 1.91. The molecule has 0 aliphatic carbocycles. The molecule has 110 valence electrons. The Balaban J connectivity index is 2.62. The van der Waals surface area contributed by atoms with Crippen molar-refractivity contribution in [2.45, 2.75) is 51.0 Å². The molecular weight excluding hydrogens is 264 g/mol. The predicted molar refractivity (Wildman–Crippen MR) is 76.1 cm³/mol. The van der Waals surface area contributed by atoms with Gasteiger partial charge >= 0.3 is 0 Å². The lowest BCUT2D eigenvalue weighted by Crippen LogP contribution is -2.32. The van der Waals surface area contributed by atoms with Gasteiger partial charge in [0.1, 0.15) is 4.90 Å². The molecule has 19 heavy (non-hydrogen) atoms. The summed E-state index contributed by atoms with van der Waals surface area (Å²) in [6.07, 6.45) is 4.33. The highest BCUT2D eigenvalue weighted by Crippen LogP contribution is 2.17. The lowest BCUT2D eigenvalue weighted by Gasteiger charge is -2.14. The number of nitrogens with zero attached hydrogens (tertiary/aromatic N) is 2. The van der Waals surface area contributed by atoms with E-state index >= 15 is 0 Å². The third-order valence-corrected chi connectivity index (χ3v) is 4.49. The summed E-state index contributed by atoms with van der Waals surface area (Å²) in [7, 11) is -1.94. The fourth-order valence-corrected chi connectivity index (χ4v) is 3.29. The standard InChI is InChI=1S/C12H24N4O2S/c1-9(2)6-5-7-10(3)15-19(17,18)11-8-16(4)14-12(11)13/h8-10,15H,5-7H2,1-4H3,(H2,13,14). The first-order chi connectivity index (χ1) is 8.72. The van der Waals surface area contributed by atoms with Crippen molar-refractivity contribution in [3.05, 3.63) is 6.20 Å². The summed E-state index contributed by atoms with van der Waals surface area (Å²) in [4.78, 5) is 0.0470. The van der Waals surface area contributed by atoms with Gasteiger partial charge in [0.2, 0.25) is 10.0 Å². The van der Waals surface area contributed by atoms with Crippen LogP contribution in [0.5, 0.6) is 0 Å². The lowest BCUT2D eigenvalue weighted by molar-refractivity contribution is 0.488. The van der Waals surface area contributed by atoms with Gasteiger partial charge in [-0.25, -0.2) is 13.1 Å². The molecule has 6 nitrogen and oxygen atoms in total. The van der Waals surface area contributed by atoms with E-state index in [2.05, 4.69) is 23.7 Å². The van der Waals surface area contributed by atoms with Gasteiger partial charge in [0.05, 0.1) is 0 Å². The molecule has 1 heterocycles. The minimum Gasteiger partial charge on any atom is -0.381 e. The van der Waals surface area contributed by atoms with Crippen molar-refractivity contribution < 1.29 is 8.42 Å². The molecule has 0 amide bonds. The first-order valence-corrected chi connectivity index (χ1v) is 8.02. The summed E-state index contributed by atoms with van der Waals surface area (Å²) >= 11 is 0. The minimum absolute atomic E-state index is 0.0318. The molecule has 1 unspecified atom stereocenters. The number of aromatic nitrogens is 2. The highest BCUT2D eigenvalue weighted by atomic mass is 32.2. The van der Waals surface area contributed by atoms with Gasteiger partial charge in [0, 0.05) is 19.3 Å². The van der Waals surface area contributed by atoms with Gasteiger partial charge in [-0.3, -0.25) is 4.68 Å². The van der Waals surface area contributed by atoms with Gasteiger partial charge < -0.3 is 5.73 Å². The van der Waals surface area contributed by atoms with Gasteiger partial charge in [-0.15, -0.1) is 0 Å². The third kappa shape index (κ3) is 4.83. The van der Waals surface area contributed by atoms with Crippen LogP contribution in [0.25, 0.3) is 0 Å². The van der Waals surface area contributed by atoms with Gasteiger partial charge in [-0.1, -0.05) is 26.7 Å². The maximum atomic E-state index is 12.1. The minimum atomic E-state index is -3.58. The van der Waals surface area contributed by atoms with Gasteiger partial charge in [-0.05, 0) is 19.3 Å². The molecule has 0 spiro atoms. The SMILES string of the molecule is CC(C)CCCC(C)NS(=O)(=O)c1cn(C)nc1N. The Morgan fingerprint density at radius 2 is 2.00 bits per heavy atom. The van der Waals surface area contributed by atoms with E-state index in [0.29, 0.717) is 5.92 Å². The molecule has 1 aromatic rings. The first kappa shape index (κ1) is 16.0. The molecule has 0 aliphatic rings. The predicted octanol–water partition coefficient (Wildman–Crippen LogP) is 1.50. The van der Waals surface area contributed by atoms with E-state index in [1.165, 1.54) is 10.9 Å². The van der Waals surface area contributed by atoms with Crippen molar-refractivity contribution in [3.8, 4) is 0 Å². The summed E-state index contributed by atoms with van der Waals surface area (Å²) in [5.74, 6) is 0.669. The number of hydrogen-bond acceptors (Lipinski definition) is 4. The maximum absolute atomic E-state index is 12.1. The number of nitrogens with two attached hydrogens (primary N) is 1. The van der Waals surface area contributed by atoms with E-state index in [-0.39, 0.29) is 16.8 Å². The van der Waals surface area contributed by atoms with E-state index < -0.39 is 10.0 Å². The Bertz CT molecular complexity index is 508. The van der Waals surface area contributed by atoms with E-state index in [1.807, 2.05) is 6.92 Å². The number of nitrogen functional groups attached to an aromatic ring is 1. The Morgan fingerprint density at radius 1 is 1.37 bits per heavy atom. The first-order valence-electron chi connectivity index (χ1n) is 6.54. The van der Waals surface area contributed by atoms with Crippen LogP contribution >= 0.6 is 0 Å². The van der Waals surface area contributed by atoms with E-state index in [4.69, 9.17) is 5.73 Å². The molecule has 0 saturated carbocycles. The second-order valence-electron chi connectivity index (χ2n) is 5.40. The Hall–Kier alpha value is -1.08. The molecule has 1 atom stereocenters. The average Bonchev–Trinajstić information content (AvgIpc) is 2.57. The quantitative estimate of drug-likeness (QED) is 0.795. The summed E-state index contributed by atoms with van der Waals surface area (Å²) in [5, 5.41) is 3.85. The van der Waals surface area contributed by atoms with Gasteiger partial charge in [0.15, 0.2) is 5.82 Å². The maximum Gasteiger partial charge on any atom is 0.246 e. The van der Waals surface area contributed by atoms with Crippen molar-refractivity contribution in [1.29, 1.82) is 0 Å². The number of nitrogens with one attached hydrogen (secondary N) is 1. The van der Waals surface area contributed by atoms with Crippen LogP contribution < -0.4 is 10.5 Å². The van der Waals surface area contributed by atoms with Crippen molar-refractivity contribution in [2.24, 2.45) is 13.0 Å². The van der Waals surface area contributed by atoms with Crippen LogP contribution in [0.1, 0.15) is 40.0 Å². The van der Waals surface area contributed by atoms with Crippen LogP contribution in [0.3, 0.4) is 0 Å². The molecule has 0 aliphatic heterocycles. The molecule has 3 N–H and O–H groups in total. The molecule has 0 saturated heterocycles. The molecule has 7 heteroatoms. The number of anilines is 1. The van der Waals surface area contributed by atoms with Crippen molar-refractivity contribution >= 4 is 15.8 Å². The van der Waals surface area contributed by atoms with E-state index in [1.54, 1.807) is 7.05 Å². The molecule has 0 aromatic carbocycles. The second kappa shape index (κ2) is 6.38. The van der Waals surface area contributed by atoms with Crippen LogP contribution in [0.2, 0.25) is 0 Å². The monoisotopic (exact) mass is 288 g/mol. The van der Waals surface area contributed by atoms with Crippen molar-refractivity contribution in [2.75, 3.05) is 5.73 Å². The zero-order valence-electron chi connectivity index (χ0n) is 12.0. The summed E-state index contributed by atoms with van der Waals surface area (Å²) in [6.45, 7) is 6.18. The molecule has 0 bridgehead atoms. The molecule has 0 radical (unpaired) electrons. The largest absolute Gasteiger partial charge is 0.381 e. The van der Waals surface area contributed by atoms with Crippen LogP contribution in [-0.4, -0.2) is 24.2 Å². The number of hydrogen-bond donors (Lipinski definition) is 2. The Morgan fingerprint density at radius 3 is 2.47 bits per heavy atom. The number of sulfonamides is 1. The molecular formula is C12H24N4O2S. The van der Waals surface area contributed by atoms with Crippen LogP contribution in [0, 0.1) is 5.92 Å². The van der Waals surface area contributed by atoms with E-state index in [0.717, 1.165) is 19.3 Å². The van der Waals surface area contributed by atoms with Gasteiger partial charge in [-0.2, -0.15) is 5.10 Å². The normalized spacial score (nSPS) is 13.9. The van der Waals surface area contributed by atoms with E-state index in [9.17, 15) is 8.42 Å². The zero-order valence-corrected chi connectivity index (χ0v) is 12.9. The second-order valence-corrected chi connectivity index (χ2v) is 7.08. The molecule has 1 aromatic heterocycles. The van der Waals surface area contributed by atoms with Crippen molar-refractivity contribution in [1.82, 2.24) is 14.5 Å². The highest BCUT2D eigenvalue weighted by Gasteiger charge is 2.22. The lowest BCUT2D eigenvalue weighted by atomic mass is 10.0. The van der Waals surface area contributed by atoms with Crippen LogP contribution in [0.4, 0.5) is 5.82 Å². The Labute approximate surface area is 115 Å². The highest BCUT2D eigenvalue weighted by molar-refractivity contribution is 7.89. The third-order valence-electron chi connectivity index (χ3n) is 2.89. The summed E-state index contributed by atoms with van der Waals surface area (Å²) in [6, 6.07) is -0.108. The van der Waals surface area contributed by atoms with Crippen LogP contribution in [0.15, 0.2) is 11.1 Å².